The molecule has 0 unspecified atom stereocenters. The Morgan fingerprint density at radius 3 is 2.10 bits per heavy atom. The highest BCUT2D eigenvalue weighted by atomic mass is 19.1. The lowest BCUT2D eigenvalue weighted by atomic mass is 9.85. The van der Waals surface area contributed by atoms with Gasteiger partial charge in [-0.25, -0.2) is 9.18 Å². The second kappa shape index (κ2) is 16.8. The van der Waals surface area contributed by atoms with Crippen LogP contribution in [0.25, 0.3) is 22.3 Å². The van der Waals surface area contributed by atoms with E-state index in [4.69, 9.17) is 5.11 Å². The Bertz CT molecular complexity index is 1960. The molecule has 0 radical (unpaired) electrons. The normalized spacial score (nSPS) is 12.3. The average molecular weight is 693 g/mol. The smallest absolute Gasteiger partial charge is 0.323 e. The van der Waals surface area contributed by atoms with Crippen LogP contribution >= 0.6 is 0 Å². The Labute approximate surface area is 295 Å². The maximum atomic E-state index is 14.1. The van der Waals surface area contributed by atoms with Gasteiger partial charge in [-0.05, 0) is 77.9 Å². The van der Waals surface area contributed by atoms with Crippen LogP contribution in [0.1, 0.15) is 55.1 Å². The summed E-state index contributed by atoms with van der Waals surface area (Å²) in [6.07, 6.45) is -0.860. The quantitative estimate of drug-likeness (QED) is 0.0695. The number of aromatic nitrogens is 1. The number of aliphatic hydroxyl groups is 2. The molecule has 0 aliphatic rings. The number of carbonyl (C=O) groups is 3. The number of aryl methyl sites for hydroxylation is 1. The second-order valence-corrected chi connectivity index (χ2v) is 12.6. The fourth-order valence-corrected chi connectivity index (χ4v) is 6.09. The van der Waals surface area contributed by atoms with E-state index in [1.165, 1.54) is 12.1 Å². The summed E-state index contributed by atoms with van der Waals surface area (Å²) in [5.74, 6) is -2.17. The SMILES string of the molecule is CC(C)c1c(NC(=O)Nc2ccccc2)c(-c2ccc(F)cc2)cc(NC(=O)c2cccn2CC[C@@H](O)C[C@@H](O)CC(=O)O)c1-c1ccccc1. The van der Waals surface area contributed by atoms with Gasteiger partial charge in [-0.1, -0.05) is 74.5 Å². The number of nitrogens with zero attached hydrogens (tertiary/aromatic N) is 1. The van der Waals surface area contributed by atoms with Gasteiger partial charge >= 0.3 is 12.0 Å². The first-order valence-corrected chi connectivity index (χ1v) is 16.7. The topological polar surface area (TPSA) is 153 Å². The van der Waals surface area contributed by atoms with E-state index in [1.807, 2.05) is 62.4 Å². The van der Waals surface area contributed by atoms with Crippen molar-refractivity contribution in [1.29, 1.82) is 0 Å². The molecule has 0 aliphatic carbocycles. The number of amides is 3. The number of urea groups is 1. The summed E-state index contributed by atoms with van der Waals surface area (Å²) >= 11 is 0. The lowest BCUT2D eigenvalue weighted by Crippen LogP contribution is -2.23. The first-order chi connectivity index (χ1) is 24.5. The van der Waals surface area contributed by atoms with Gasteiger partial charge in [-0.15, -0.1) is 0 Å². The largest absolute Gasteiger partial charge is 0.481 e. The number of aliphatic carboxylic acids is 1. The van der Waals surface area contributed by atoms with Gasteiger partial charge in [0.25, 0.3) is 5.91 Å². The fourth-order valence-electron chi connectivity index (χ4n) is 6.09. The molecule has 0 saturated heterocycles. The Kier molecular flexibility index (Phi) is 12.0. The van der Waals surface area contributed by atoms with E-state index in [0.29, 0.717) is 39.4 Å². The lowest BCUT2D eigenvalue weighted by Gasteiger charge is -2.26. The Morgan fingerprint density at radius 2 is 1.45 bits per heavy atom. The maximum absolute atomic E-state index is 14.1. The summed E-state index contributed by atoms with van der Waals surface area (Å²) in [7, 11) is 0. The molecule has 11 heteroatoms. The van der Waals surface area contributed by atoms with Crippen LogP contribution < -0.4 is 16.0 Å². The van der Waals surface area contributed by atoms with Gasteiger partial charge in [-0.3, -0.25) is 9.59 Å². The number of hydrogen-bond donors (Lipinski definition) is 6. The molecule has 5 rings (SSSR count). The van der Waals surface area contributed by atoms with E-state index in [2.05, 4.69) is 16.0 Å². The molecule has 51 heavy (non-hydrogen) atoms. The maximum Gasteiger partial charge on any atom is 0.323 e. The van der Waals surface area contributed by atoms with E-state index in [-0.39, 0.29) is 25.3 Å². The second-order valence-electron chi connectivity index (χ2n) is 12.6. The predicted molar refractivity (Wildman–Crippen MR) is 196 cm³/mol. The number of anilines is 3. The van der Waals surface area contributed by atoms with Crippen molar-refractivity contribution in [2.45, 2.75) is 57.8 Å². The summed E-state index contributed by atoms with van der Waals surface area (Å²) < 4.78 is 15.8. The zero-order valence-corrected chi connectivity index (χ0v) is 28.3. The van der Waals surface area contributed by atoms with Crippen LogP contribution in [-0.4, -0.2) is 50.0 Å². The van der Waals surface area contributed by atoms with Crippen molar-refractivity contribution in [3.05, 3.63) is 126 Å². The third kappa shape index (κ3) is 9.47. The van der Waals surface area contributed by atoms with Crippen molar-refractivity contribution in [3.8, 4) is 22.3 Å². The van der Waals surface area contributed by atoms with Crippen LogP contribution in [-0.2, 0) is 11.3 Å². The molecule has 4 aromatic carbocycles. The van der Waals surface area contributed by atoms with Gasteiger partial charge in [0.1, 0.15) is 11.5 Å². The molecule has 6 N–H and O–H groups in total. The van der Waals surface area contributed by atoms with Gasteiger partial charge in [0.2, 0.25) is 0 Å². The molecule has 5 aromatic rings. The molecule has 1 heterocycles. The number of carboxylic acid groups (broad SMARTS) is 1. The summed E-state index contributed by atoms with van der Waals surface area (Å²) in [6, 6.07) is 29.1. The highest BCUT2D eigenvalue weighted by Gasteiger charge is 2.26. The average Bonchev–Trinajstić information content (AvgIpc) is 3.57. The predicted octanol–water partition coefficient (Wildman–Crippen LogP) is 7.96. The standard InChI is InChI=1S/C40H41FN4O6/c1-25(2)36-37(27-10-5-3-6-11-27)33(43-39(50)34-14-9-20-45(34)21-19-30(46)22-31(47)23-35(48)49)24-32(26-15-17-28(41)18-16-26)38(36)44-40(51)42-29-12-7-4-8-13-29/h3-18,20,24-25,30-31,46-47H,19,21-23H2,1-2H3,(H,43,50)(H,48,49)(H2,42,44,51)/t30-,31-/m1/s1. The third-order valence-corrected chi connectivity index (χ3v) is 8.40. The summed E-state index contributed by atoms with van der Waals surface area (Å²) in [4.78, 5) is 38.4. The van der Waals surface area contributed by atoms with Crippen LogP contribution in [0.15, 0.2) is 109 Å². The highest BCUT2D eigenvalue weighted by Crippen LogP contribution is 2.46. The van der Waals surface area contributed by atoms with Crippen molar-refractivity contribution in [1.82, 2.24) is 4.57 Å². The number of para-hydroxylation sites is 1. The molecule has 3 amide bonds. The molecule has 0 bridgehead atoms. The highest BCUT2D eigenvalue weighted by molar-refractivity contribution is 6.10. The minimum absolute atomic E-state index is 0.108. The van der Waals surface area contributed by atoms with Gasteiger partial charge in [0.15, 0.2) is 0 Å². The molecule has 2 atom stereocenters. The number of carboxylic acids is 1. The van der Waals surface area contributed by atoms with Gasteiger partial charge in [0, 0.05) is 35.2 Å². The van der Waals surface area contributed by atoms with Crippen LogP contribution in [0.3, 0.4) is 0 Å². The van der Waals surface area contributed by atoms with E-state index >= 15 is 0 Å². The van der Waals surface area contributed by atoms with Gasteiger partial charge < -0.3 is 35.8 Å². The van der Waals surface area contributed by atoms with Gasteiger partial charge in [-0.2, -0.15) is 0 Å². The first-order valence-electron chi connectivity index (χ1n) is 16.7. The first kappa shape index (κ1) is 36.5. The molecule has 0 aliphatic heterocycles. The van der Waals surface area contributed by atoms with Crippen molar-refractivity contribution in [2.24, 2.45) is 0 Å². The summed E-state index contributed by atoms with van der Waals surface area (Å²) in [6.45, 7) is 4.22. The Morgan fingerprint density at radius 1 is 0.784 bits per heavy atom. The number of aliphatic hydroxyl groups excluding tert-OH is 2. The van der Waals surface area contributed by atoms with Crippen molar-refractivity contribution < 1.29 is 34.1 Å². The van der Waals surface area contributed by atoms with Crippen LogP contribution in [0.2, 0.25) is 0 Å². The molecular formula is C40H41FN4O6. The lowest BCUT2D eigenvalue weighted by molar-refractivity contribution is -0.139. The molecule has 264 valence electrons. The Hall–Kier alpha value is -5.78. The molecule has 0 fully saturated rings. The van der Waals surface area contributed by atoms with E-state index in [0.717, 1.165) is 11.1 Å². The fraction of sp³-hybridized carbons (Fsp3) is 0.225. The van der Waals surface area contributed by atoms with E-state index in [9.17, 15) is 29.0 Å². The number of nitrogens with one attached hydrogen (secondary N) is 3. The number of carbonyl (C=O) groups excluding carboxylic acids is 2. The zero-order valence-electron chi connectivity index (χ0n) is 28.3. The van der Waals surface area contributed by atoms with Crippen molar-refractivity contribution >= 4 is 35.0 Å². The van der Waals surface area contributed by atoms with Gasteiger partial charge in [0.05, 0.1) is 24.3 Å². The van der Waals surface area contributed by atoms with Crippen molar-refractivity contribution in [2.75, 3.05) is 16.0 Å². The minimum atomic E-state index is -1.19. The molecule has 10 nitrogen and oxygen atoms in total. The third-order valence-electron chi connectivity index (χ3n) is 8.40. The number of benzene rings is 4. The van der Waals surface area contributed by atoms with E-state index < -0.39 is 42.4 Å². The monoisotopic (exact) mass is 692 g/mol. The zero-order chi connectivity index (χ0) is 36.5. The number of hydrogen-bond acceptors (Lipinski definition) is 5. The summed E-state index contributed by atoms with van der Waals surface area (Å²) in [5.41, 5.74) is 5.31. The van der Waals surface area contributed by atoms with E-state index in [1.54, 1.807) is 53.2 Å². The number of halogens is 1. The van der Waals surface area contributed by atoms with Crippen LogP contribution in [0, 0.1) is 5.82 Å². The molecule has 1 aromatic heterocycles. The Balaban J connectivity index is 1.56. The molecular weight excluding hydrogens is 651 g/mol. The van der Waals surface area contributed by atoms with Crippen LogP contribution in [0.5, 0.6) is 0 Å². The summed E-state index contributed by atoms with van der Waals surface area (Å²) in [5, 5.41) is 38.3. The number of rotatable bonds is 14. The minimum Gasteiger partial charge on any atom is -0.481 e. The molecule has 0 spiro atoms. The van der Waals surface area contributed by atoms with Crippen molar-refractivity contribution in [3.63, 3.8) is 0 Å². The van der Waals surface area contributed by atoms with Crippen LogP contribution in [0.4, 0.5) is 26.2 Å². The molecule has 0 saturated carbocycles.